The van der Waals surface area contributed by atoms with E-state index in [1.54, 1.807) is 0 Å². The van der Waals surface area contributed by atoms with Crippen molar-refractivity contribution in [2.45, 2.75) is 155 Å². The molecule has 0 aromatic rings. The van der Waals surface area contributed by atoms with E-state index in [1.807, 2.05) is 0 Å². The van der Waals surface area contributed by atoms with Crippen molar-refractivity contribution in [2.24, 2.45) is 11.8 Å². The van der Waals surface area contributed by atoms with Gasteiger partial charge in [-0.25, -0.2) is 0 Å². The van der Waals surface area contributed by atoms with Gasteiger partial charge in [0.2, 0.25) is 0 Å². The minimum Gasteiger partial charge on any atom is -0.466 e. The van der Waals surface area contributed by atoms with Gasteiger partial charge in [-0.05, 0) is 90.9 Å². The van der Waals surface area contributed by atoms with Gasteiger partial charge in [-0.15, -0.1) is 0 Å². The molecule has 0 saturated carbocycles. The van der Waals surface area contributed by atoms with Crippen molar-refractivity contribution in [3.05, 3.63) is 0 Å². The minimum atomic E-state index is -0.145. The summed E-state index contributed by atoms with van der Waals surface area (Å²) < 4.78 is 23.2. The standard InChI is InChI=1S/C32H60O6/c1-27-17-15-19-31(3,4)37-23-13-10-8-12-22-36-30(34)26-28(2)18-16-20-32(5,6)38-24-14-9-7-11-21-35-29(33)25-27/h27-28H,7-26H2,1-6H3. The van der Waals surface area contributed by atoms with E-state index in [9.17, 15) is 9.59 Å². The maximum Gasteiger partial charge on any atom is 0.306 e. The van der Waals surface area contributed by atoms with Crippen LogP contribution in [0.4, 0.5) is 0 Å². The summed E-state index contributed by atoms with van der Waals surface area (Å²) in [6, 6.07) is 0. The van der Waals surface area contributed by atoms with Gasteiger partial charge in [-0.2, -0.15) is 0 Å². The first-order chi connectivity index (χ1) is 18.0. The lowest BCUT2D eigenvalue weighted by molar-refractivity contribution is -0.145. The van der Waals surface area contributed by atoms with Gasteiger partial charge in [0.1, 0.15) is 0 Å². The number of carbonyl (C=O) groups is 2. The summed E-state index contributed by atoms with van der Waals surface area (Å²) in [4.78, 5) is 24.4. The van der Waals surface area contributed by atoms with E-state index >= 15 is 0 Å². The topological polar surface area (TPSA) is 71.1 Å². The second-order valence-corrected chi connectivity index (χ2v) is 12.9. The Morgan fingerprint density at radius 1 is 0.526 bits per heavy atom. The van der Waals surface area contributed by atoms with Crippen LogP contribution in [0.3, 0.4) is 0 Å². The van der Waals surface area contributed by atoms with E-state index in [1.165, 1.54) is 0 Å². The van der Waals surface area contributed by atoms with Crippen LogP contribution in [0.2, 0.25) is 0 Å². The molecule has 2 atom stereocenters. The summed E-state index contributed by atoms with van der Waals surface area (Å²) in [6.45, 7) is 15.4. The molecule has 1 heterocycles. The van der Waals surface area contributed by atoms with Crippen molar-refractivity contribution in [3.63, 3.8) is 0 Å². The number of rotatable bonds is 0. The predicted octanol–water partition coefficient (Wildman–Crippen LogP) is 8.19. The Hall–Kier alpha value is -1.14. The Labute approximate surface area is 234 Å². The fraction of sp³-hybridized carbons (Fsp3) is 0.938. The van der Waals surface area contributed by atoms with Crippen LogP contribution in [0, 0.1) is 11.8 Å². The molecular formula is C32H60O6. The molecule has 1 fully saturated rings. The number of carbonyl (C=O) groups excluding carboxylic acids is 2. The summed E-state index contributed by atoms with van der Waals surface area (Å²) in [5, 5.41) is 0. The van der Waals surface area contributed by atoms with Gasteiger partial charge in [0.05, 0.1) is 24.4 Å². The van der Waals surface area contributed by atoms with Gasteiger partial charge < -0.3 is 18.9 Å². The minimum absolute atomic E-state index is 0.0677. The number of cyclic esters (lactones) is 2. The maximum absolute atomic E-state index is 12.2. The molecule has 0 aromatic heterocycles. The molecule has 1 saturated heterocycles. The Kier molecular flexibility index (Phi) is 18.2. The number of hydrogen-bond acceptors (Lipinski definition) is 6. The largest absolute Gasteiger partial charge is 0.466 e. The van der Waals surface area contributed by atoms with Crippen LogP contribution in [0.5, 0.6) is 0 Å². The third-order valence-electron chi connectivity index (χ3n) is 7.57. The second kappa shape index (κ2) is 19.8. The van der Waals surface area contributed by atoms with Gasteiger partial charge in [-0.1, -0.05) is 52.4 Å². The lowest BCUT2D eigenvalue weighted by atomic mass is 9.95. The van der Waals surface area contributed by atoms with E-state index in [4.69, 9.17) is 18.9 Å². The van der Waals surface area contributed by atoms with Gasteiger partial charge in [0, 0.05) is 26.1 Å². The molecule has 1 aliphatic heterocycles. The highest BCUT2D eigenvalue weighted by Crippen LogP contribution is 2.23. The van der Waals surface area contributed by atoms with Gasteiger partial charge in [0.15, 0.2) is 0 Å². The zero-order valence-electron chi connectivity index (χ0n) is 25.7. The van der Waals surface area contributed by atoms with Gasteiger partial charge in [0.25, 0.3) is 0 Å². The summed E-state index contributed by atoms with van der Waals surface area (Å²) in [5.74, 6) is 0.525. The second-order valence-electron chi connectivity index (χ2n) is 12.9. The monoisotopic (exact) mass is 540 g/mol. The Bertz CT molecular complexity index is 575. The van der Waals surface area contributed by atoms with Crippen molar-refractivity contribution in [1.29, 1.82) is 0 Å². The molecule has 38 heavy (non-hydrogen) atoms. The third kappa shape index (κ3) is 19.9. The molecule has 0 spiro atoms. The Morgan fingerprint density at radius 2 is 0.868 bits per heavy atom. The highest BCUT2D eigenvalue weighted by molar-refractivity contribution is 5.69. The molecule has 0 amide bonds. The van der Waals surface area contributed by atoms with Crippen LogP contribution < -0.4 is 0 Å². The first-order valence-corrected chi connectivity index (χ1v) is 15.6. The normalized spacial score (nSPS) is 27.9. The van der Waals surface area contributed by atoms with Crippen LogP contribution in [-0.4, -0.2) is 49.6 Å². The molecule has 6 nitrogen and oxygen atoms in total. The highest BCUT2D eigenvalue weighted by atomic mass is 16.5. The maximum atomic E-state index is 12.2. The van der Waals surface area contributed by atoms with Crippen LogP contribution in [0.25, 0.3) is 0 Å². The van der Waals surface area contributed by atoms with Crippen molar-refractivity contribution in [1.82, 2.24) is 0 Å². The first kappa shape index (κ1) is 34.9. The quantitative estimate of drug-likeness (QED) is 0.288. The summed E-state index contributed by atoms with van der Waals surface area (Å²) in [5.41, 5.74) is -0.290. The average Bonchev–Trinajstić information content (AvgIpc) is 2.81. The summed E-state index contributed by atoms with van der Waals surface area (Å²) in [6.07, 6.45) is 15.2. The number of ether oxygens (including phenoxy) is 4. The summed E-state index contributed by atoms with van der Waals surface area (Å²) >= 11 is 0. The van der Waals surface area contributed by atoms with Crippen LogP contribution in [0.15, 0.2) is 0 Å². The third-order valence-corrected chi connectivity index (χ3v) is 7.57. The van der Waals surface area contributed by atoms with Crippen molar-refractivity contribution in [2.75, 3.05) is 26.4 Å². The number of esters is 2. The molecule has 0 aromatic carbocycles. The van der Waals surface area contributed by atoms with Crippen LogP contribution in [-0.2, 0) is 28.5 Å². The predicted molar refractivity (Wildman–Crippen MR) is 154 cm³/mol. The van der Waals surface area contributed by atoms with E-state index in [2.05, 4.69) is 41.5 Å². The average molecular weight is 541 g/mol. The Balaban J connectivity index is 2.45. The molecule has 1 aliphatic rings. The van der Waals surface area contributed by atoms with E-state index < -0.39 is 0 Å². The number of hydrogen-bond donors (Lipinski definition) is 0. The van der Waals surface area contributed by atoms with Crippen molar-refractivity contribution >= 4 is 11.9 Å². The molecule has 0 aliphatic carbocycles. The zero-order chi connectivity index (χ0) is 28.3. The smallest absolute Gasteiger partial charge is 0.306 e. The van der Waals surface area contributed by atoms with E-state index in [0.29, 0.717) is 37.9 Å². The molecule has 1 rings (SSSR count). The molecule has 0 bridgehead atoms. The van der Waals surface area contributed by atoms with Gasteiger partial charge >= 0.3 is 11.9 Å². The first-order valence-electron chi connectivity index (χ1n) is 15.6. The molecular weight excluding hydrogens is 480 g/mol. The van der Waals surface area contributed by atoms with Gasteiger partial charge in [-0.3, -0.25) is 9.59 Å². The zero-order valence-corrected chi connectivity index (χ0v) is 25.7. The van der Waals surface area contributed by atoms with E-state index in [0.717, 1.165) is 103 Å². The van der Waals surface area contributed by atoms with Crippen LogP contribution >= 0.6 is 0 Å². The molecule has 2 unspecified atom stereocenters. The molecule has 0 radical (unpaired) electrons. The fourth-order valence-electron chi connectivity index (χ4n) is 4.97. The Morgan fingerprint density at radius 3 is 1.24 bits per heavy atom. The van der Waals surface area contributed by atoms with E-state index in [-0.39, 0.29) is 23.1 Å². The highest BCUT2D eigenvalue weighted by Gasteiger charge is 2.20. The fourth-order valence-corrected chi connectivity index (χ4v) is 4.97. The lowest BCUT2D eigenvalue weighted by Crippen LogP contribution is -2.25. The molecule has 6 heteroatoms. The lowest BCUT2D eigenvalue weighted by Gasteiger charge is -2.26. The molecule has 224 valence electrons. The van der Waals surface area contributed by atoms with Crippen LogP contribution in [0.1, 0.15) is 144 Å². The van der Waals surface area contributed by atoms with Crippen molar-refractivity contribution in [3.8, 4) is 0 Å². The molecule has 0 N–H and O–H groups in total. The SMILES string of the molecule is CC1CCCC(C)(C)OCCCCCCOC(=O)CC(C)CCCC(C)(C)OCCCCCCOC(=O)C1. The summed E-state index contributed by atoms with van der Waals surface area (Å²) in [7, 11) is 0. The van der Waals surface area contributed by atoms with Crippen molar-refractivity contribution < 1.29 is 28.5 Å².